The SMILES string of the molecule is Cc1cccc(-c2sc(CNC(=O)OC(C)(C)C)nc2C(=O)N(CCc2c[nH]c3ccc(F)cc23)CC2CC2)c1. The molecule has 2 heterocycles. The van der Waals surface area contributed by atoms with Gasteiger partial charge in [0, 0.05) is 30.2 Å². The van der Waals surface area contributed by atoms with Crippen LogP contribution in [0.25, 0.3) is 21.3 Å². The minimum Gasteiger partial charge on any atom is -0.444 e. The van der Waals surface area contributed by atoms with Crippen molar-refractivity contribution < 1.29 is 18.7 Å². The van der Waals surface area contributed by atoms with Crippen LogP contribution in [0.2, 0.25) is 0 Å². The first kappa shape index (κ1) is 27.8. The third kappa shape index (κ3) is 6.88. The molecule has 2 amide bonds. The van der Waals surface area contributed by atoms with Crippen LogP contribution in [-0.4, -0.2) is 45.6 Å². The number of aryl methyl sites for hydroxylation is 1. The van der Waals surface area contributed by atoms with Crippen LogP contribution in [0, 0.1) is 18.7 Å². The van der Waals surface area contributed by atoms with Gasteiger partial charge in [-0.25, -0.2) is 14.2 Å². The number of alkyl carbamates (subject to hydrolysis) is 1. The molecule has 1 aliphatic rings. The number of thiazole rings is 1. The van der Waals surface area contributed by atoms with Crippen molar-refractivity contribution in [3.05, 3.63) is 76.3 Å². The minimum absolute atomic E-state index is 0.130. The number of carbonyl (C=O) groups excluding carboxylic acids is 2. The van der Waals surface area contributed by atoms with Crippen molar-refractivity contribution in [3.8, 4) is 10.4 Å². The minimum atomic E-state index is -0.610. The molecular formula is C31H35FN4O3S. The molecule has 1 saturated carbocycles. The van der Waals surface area contributed by atoms with Crippen LogP contribution >= 0.6 is 11.3 Å². The zero-order valence-corrected chi connectivity index (χ0v) is 24.2. The van der Waals surface area contributed by atoms with Gasteiger partial charge in [0.05, 0.1) is 11.4 Å². The fourth-order valence-electron chi connectivity index (χ4n) is 4.68. The Morgan fingerprint density at radius 2 is 2.00 bits per heavy atom. The molecule has 2 aromatic heterocycles. The highest BCUT2D eigenvalue weighted by Gasteiger charge is 2.30. The van der Waals surface area contributed by atoms with E-state index in [0.717, 1.165) is 45.3 Å². The van der Waals surface area contributed by atoms with Gasteiger partial charge in [0.1, 0.15) is 22.1 Å². The van der Waals surface area contributed by atoms with Crippen LogP contribution in [0.1, 0.15) is 60.2 Å². The molecule has 210 valence electrons. The molecule has 4 aromatic rings. The Morgan fingerprint density at radius 1 is 1.20 bits per heavy atom. The number of H-pyrrole nitrogens is 1. The molecule has 2 N–H and O–H groups in total. The predicted molar refractivity (Wildman–Crippen MR) is 156 cm³/mol. The van der Waals surface area contributed by atoms with Crippen molar-refractivity contribution in [3.63, 3.8) is 0 Å². The van der Waals surface area contributed by atoms with Crippen LogP contribution in [-0.2, 0) is 17.7 Å². The van der Waals surface area contributed by atoms with Gasteiger partial charge in [0.15, 0.2) is 0 Å². The third-order valence-corrected chi connectivity index (χ3v) is 7.88. The Labute approximate surface area is 237 Å². The maximum atomic E-state index is 14.1. The van der Waals surface area contributed by atoms with Gasteiger partial charge in [-0.2, -0.15) is 0 Å². The summed E-state index contributed by atoms with van der Waals surface area (Å²) in [5, 5.41) is 4.23. The number of benzene rings is 2. The lowest BCUT2D eigenvalue weighted by Gasteiger charge is -2.22. The van der Waals surface area contributed by atoms with E-state index in [4.69, 9.17) is 9.72 Å². The average Bonchev–Trinajstić information content (AvgIpc) is 3.47. The summed E-state index contributed by atoms with van der Waals surface area (Å²) in [5.41, 5.74) is 3.63. The van der Waals surface area contributed by atoms with Crippen molar-refractivity contribution in [2.75, 3.05) is 13.1 Å². The largest absolute Gasteiger partial charge is 0.444 e. The lowest BCUT2D eigenvalue weighted by atomic mass is 10.1. The molecule has 40 heavy (non-hydrogen) atoms. The predicted octanol–water partition coefficient (Wildman–Crippen LogP) is 6.86. The molecule has 0 radical (unpaired) electrons. The number of nitrogens with one attached hydrogen (secondary N) is 2. The molecule has 2 aromatic carbocycles. The number of carbonyl (C=O) groups is 2. The highest BCUT2D eigenvalue weighted by Crippen LogP contribution is 2.34. The van der Waals surface area contributed by atoms with Gasteiger partial charge in [-0.3, -0.25) is 4.79 Å². The van der Waals surface area contributed by atoms with Crippen LogP contribution in [0.3, 0.4) is 0 Å². The van der Waals surface area contributed by atoms with E-state index in [-0.39, 0.29) is 18.3 Å². The molecule has 0 spiro atoms. The number of hydrogen-bond donors (Lipinski definition) is 2. The van der Waals surface area contributed by atoms with E-state index in [2.05, 4.69) is 10.3 Å². The topological polar surface area (TPSA) is 87.3 Å². The summed E-state index contributed by atoms with van der Waals surface area (Å²) >= 11 is 1.41. The van der Waals surface area contributed by atoms with E-state index < -0.39 is 11.7 Å². The molecule has 1 fully saturated rings. The normalized spacial score (nSPS) is 13.4. The second kappa shape index (κ2) is 11.4. The van der Waals surface area contributed by atoms with Crippen LogP contribution in [0.4, 0.5) is 9.18 Å². The Balaban J connectivity index is 1.41. The smallest absolute Gasteiger partial charge is 0.408 e. The standard InChI is InChI=1S/C31H35FN4O3S/c1-19-6-5-7-21(14-19)28-27(35-26(40-28)17-34-30(38)39-31(2,3)4)29(37)36(18-20-8-9-20)13-12-22-16-33-25-11-10-23(32)15-24(22)25/h5-7,10-11,14-16,20,33H,8-9,12-13,17-18H2,1-4H3,(H,34,38). The van der Waals surface area contributed by atoms with Crippen LogP contribution in [0.5, 0.6) is 0 Å². The zero-order valence-electron chi connectivity index (χ0n) is 23.3. The van der Waals surface area contributed by atoms with E-state index in [1.807, 2.05) is 63.1 Å². The number of hydrogen-bond acceptors (Lipinski definition) is 5. The summed E-state index contributed by atoms with van der Waals surface area (Å²) in [4.78, 5) is 37.0. The number of halogens is 1. The summed E-state index contributed by atoms with van der Waals surface area (Å²) in [6, 6.07) is 12.7. The molecule has 0 saturated heterocycles. The Hall–Kier alpha value is -3.72. The summed E-state index contributed by atoms with van der Waals surface area (Å²) in [7, 11) is 0. The van der Waals surface area contributed by atoms with E-state index in [9.17, 15) is 14.0 Å². The van der Waals surface area contributed by atoms with Gasteiger partial charge in [0.2, 0.25) is 0 Å². The van der Waals surface area contributed by atoms with E-state index >= 15 is 0 Å². The second-order valence-corrected chi connectivity index (χ2v) is 12.5. The summed E-state index contributed by atoms with van der Waals surface area (Å²) in [6.07, 6.45) is 4.17. The molecule has 0 bridgehead atoms. The molecule has 0 aliphatic heterocycles. The fourth-order valence-corrected chi connectivity index (χ4v) is 5.67. The van der Waals surface area contributed by atoms with E-state index in [1.54, 1.807) is 6.07 Å². The summed E-state index contributed by atoms with van der Waals surface area (Å²) in [5.74, 6) is 0.0740. The van der Waals surface area contributed by atoms with E-state index in [1.165, 1.54) is 23.5 Å². The highest BCUT2D eigenvalue weighted by molar-refractivity contribution is 7.15. The monoisotopic (exact) mass is 562 g/mol. The first-order chi connectivity index (χ1) is 19.1. The number of amides is 2. The van der Waals surface area contributed by atoms with Gasteiger partial charge in [-0.15, -0.1) is 11.3 Å². The molecule has 0 unspecified atom stereocenters. The first-order valence-electron chi connectivity index (χ1n) is 13.6. The number of aromatic nitrogens is 2. The number of aromatic amines is 1. The maximum Gasteiger partial charge on any atom is 0.408 e. The fraction of sp³-hybridized carbons (Fsp3) is 0.387. The summed E-state index contributed by atoms with van der Waals surface area (Å²) in [6.45, 7) is 8.76. The molecule has 9 heteroatoms. The van der Waals surface area contributed by atoms with Gasteiger partial charge in [-0.05, 0) is 82.2 Å². The lowest BCUT2D eigenvalue weighted by molar-refractivity contribution is 0.0523. The molecule has 0 atom stereocenters. The summed E-state index contributed by atoms with van der Waals surface area (Å²) < 4.78 is 19.3. The van der Waals surface area contributed by atoms with Crippen molar-refractivity contribution in [1.29, 1.82) is 0 Å². The average molecular weight is 563 g/mol. The second-order valence-electron chi connectivity index (χ2n) is 11.5. The van der Waals surface area contributed by atoms with Crippen molar-refractivity contribution in [2.24, 2.45) is 5.92 Å². The Kier molecular flexibility index (Phi) is 7.94. The van der Waals surface area contributed by atoms with Gasteiger partial charge < -0.3 is 19.9 Å². The highest BCUT2D eigenvalue weighted by atomic mass is 32.1. The van der Waals surface area contributed by atoms with Crippen LogP contribution < -0.4 is 5.32 Å². The zero-order chi connectivity index (χ0) is 28.4. The number of ether oxygens (including phenoxy) is 1. The number of fused-ring (bicyclic) bond motifs is 1. The van der Waals surface area contributed by atoms with Gasteiger partial charge >= 0.3 is 6.09 Å². The Morgan fingerprint density at radius 3 is 2.73 bits per heavy atom. The van der Waals surface area contributed by atoms with Crippen molar-refractivity contribution >= 4 is 34.2 Å². The maximum absolute atomic E-state index is 14.1. The molecule has 5 rings (SSSR count). The quantitative estimate of drug-likeness (QED) is 0.233. The van der Waals surface area contributed by atoms with E-state index in [0.29, 0.717) is 36.1 Å². The van der Waals surface area contributed by atoms with Crippen molar-refractivity contribution in [1.82, 2.24) is 20.2 Å². The molecule has 7 nitrogen and oxygen atoms in total. The third-order valence-electron chi connectivity index (χ3n) is 6.78. The Bertz CT molecular complexity index is 1530. The molecule has 1 aliphatic carbocycles. The number of rotatable bonds is 9. The van der Waals surface area contributed by atoms with Gasteiger partial charge in [-0.1, -0.05) is 29.8 Å². The number of nitrogens with zero attached hydrogens (tertiary/aromatic N) is 2. The van der Waals surface area contributed by atoms with Crippen LogP contribution in [0.15, 0.2) is 48.7 Å². The first-order valence-corrected chi connectivity index (χ1v) is 14.5. The van der Waals surface area contributed by atoms with Crippen molar-refractivity contribution in [2.45, 2.75) is 59.1 Å². The lowest BCUT2D eigenvalue weighted by Crippen LogP contribution is -2.35. The van der Waals surface area contributed by atoms with Gasteiger partial charge in [0.25, 0.3) is 5.91 Å². The molecular weight excluding hydrogens is 527 g/mol.